The molecule has 1 aliphatic heterocycles. The van der Waals surface area contributed by atoms with Crippen molar-refractivity contribution >= 4 is 11.8 Å². The van der Waals surface area contributed by atoms with Crippen LogP contribution in [0.2, 0.25) is 0 Å². The van der Waals surface area contributed by atoms with E-state index < -0.39 is 0 Å². The standard InChI is InChI=1S/C20H26N6/c1-13-12-14(2)22-20(21-13)26-10-8-25(9-11-26)19-16-4-3-5-17(16)23-18(24-19)15-6-7-15/h12,15H,3-11H2,1-2H3. The van der Waals surface area contributed by atoms with Gasteiger partial charge in [0.1, 0.15) is 11.6 Å². The molecule has 1 saturated carbocycles. The second-order valence-electron chi connectivity index (χ2n) is 7.88. The Labute approximate surface area is 154 Å². The van der Waals surface area contributed by atoms with Crippen LogP contribution in [0.3, 0.4) is 0 Å². The van der Waals surface area contributed by atoms with Crippen molar-refractivity contribution in [1.82, 2.24) is 19.9 Å². The molecule has 5 rings (SSSR count). The van der Waals surface area contributed by atoms with Crippen molar-refractivity contribution in [2.24, 2.45) is 0 Å². The quantitative estimate of drug-likeness (QED) is 0.848. The van der Waals surface area contributed by atoms with E-state index >= 15 is 0 Å². The van der Waals surface area contributed by atoms with Crippen molar-refractivity contribution in [2.75, 3.05) is 36.0 Å². The maximum Gasteiger partial charge on any atom is 0.225 e. The Bertz CT molecular complexity index is 816. The van der Waals surface area contributed by atoms with Gasteiger partial charge in [0.2, 0.25) is 5.95 Å². The fourth-order valence-corrected chi connectivity index (χ4v) is 4.18. The first-order valence-electron chi connectivity index (χ1n) is 9.89. The normalized spacial score (nSPS) is 19.8. The molecule has 2 aromatic rings. The summed E-state index contributed by atoms with van der Waals surface area (Å²) in [6.07, 6.45) is 6.00. The Balaban J connectivity index is 1.37. The Morgan fingerprint density at radius 3 is 2.23 bits per heavy atom. The van der Waals surface area contributed by atoms with Crippen LogP contribution in [-0.4, -0.2) is 46.1 Å². The predicted molar refractivity (Wildman–Crippen MR) is 102 cm³/mol. The molecule has 6 heteroatoms. The highest BCUT2D eigenvalue weighted by atomic mass is 15.3. The Morgan fingerprint density at radius 2 is 1.54 bits per heavy atom. The van der Waals surface area contributed by atoms with Gasteiger partial charge in [-0.1, -0.05) is 0 Å². The molecule has 0 bridgehead atoms. The van der Waals surface area contributed by atoms with Gasteiger partial charge in [-0.05, 0) is 52.0 Å². The number of piperazine rings is 1. The number of aromatic nitrogens is 4. The molecule has 26 heavy (non-hydrogen) atoms. The third-order valence-corrected chi connectivity index (χ3v) is 5.70. The fourth-order valence-electron chi connectivity index (χ4n) is 4.18. The van der Waals surface area contributed by atoms with Crippen LogP contribution in [0, 0.1) is 13.8 Å². The molecule has 0 amide bonds. The summed E-state index contributed by atoms with van der Waals surface area (Å²) in [5.74, 6) is 3.80. The summed E-state index contributed by atoms with van der Waals surface area (Å²) in [5.41, 5.74) is 4.80. The van der Waals surface area contributed by atoms with Crippen LogP contribution in [0.4, 0.5) is 11.8 Å². The maximum absolute atomic E-state index is 5.02. The first kappa shape index (κ1) is 16.0. The number of fused-ring (bicyclic) bond motifs is 1. The number of hydrogen-bond donors (Lipinski definition) is 0. The molecule has 3 aliphatic rings. The lowest BCUT2D eigenvalue weighted by Gasteiger charge is -2.36. The van der Waals surface area contributed by atoms with Crippen LogP contribution in [-0.2, 0) is 12.8 Å². The monoisotopic (exact) mass is 350 g/mol. The molecule has 0 spiro atoms. The van der Waals surface area contributed by atoms with E-state index in [0.717, 1.165) is 62.2 Å². The Morgan fingerprint density at radius 1 is 0.846 bits per heavy atom. The SMILES string of the molecule is Cc1cc(C)nc(N2CCN(c3nc(C4CC4)nc4c3CCC4)CC2)n1. The highest BCUT2D eigenvalue weighted by molar-refractivity contribution is 5.53. The van der Waals surface area contributed by atoms with E-state index in [2.05, 4.69) is 19.8 Å². The zero-order valence-corrected chi connectivity index (χ0v) is 15.7. The van der Waals surface area contributed by atoms with E-state index in [9.17, 15) is 0 Å². The number of aryl methyl sites for hydroxylation is 3. The van der Waals surface area contributed by atoms with Crippen molar-refractivity contribution in [1.29, 1.82) is 0 Å². The zero-order chi connectivity index (χ0) is 17.7. The number of anilines is 2. The summed E-state index contributed by atoms with van der Waals surface area (Å²) in [6, 6.07) is 2.03. The van der Waals surface area contributed by atoms with Crippen molar-refractivity contribution < 1.29 is 0 Å². The third-order valence-electron chi connectivity index (χ3n) is 5.70. The lowest BCUT2D eigenvalue weighted by molar-refractivity contribution is 0.628. The Hall–Kier alpha value is -2.24. The average molecular weight is 350 g/mol. The lowest BCUT2D eigenvalue weighted by Crippen LogP contribution is -2.48. The van der Waals surface area contributed by atoms with Crippen LogP contribution < -0.4 is 9.80 Å². The van der Waals surface area contributed by atoms with Crippen LogP contribution in [0.5, 0.6) is 0 Å². The van der Waals surface area contributed by atoms with Crippen LogP contribution >= 0.6 is 0 Å². The minimum atomic E-state index is 0.615. The van der Waals surface area contributed by atoms with Gasteiger partial charge < -0.3 is 9.80 Å². The molecule has 136 valence electrons. The van der Waals surface area contributed by atoms with Crippen molar-refractivity contribution in [3.63, 3.8) is 0 Å². The highest BCUT2D eigenvalue weighted by Crippen LogP contribution is 2.40. The second kappa shape index (κ2) is 6.18. The van der Waals surface area contributed by atoms with Crippen LogP contribution in [0.1, 0.15) is 53.7 Å². The average Bonchev–Trinajstić information content (AvgIpc) is 3.38. The van der Waals surface area contributed by atoms with Gasteiger partial charge in [-0.15, -0.1) is 0 Å². The molecule has 2 aliphatic carbocycles. The fraction of sp³-hybridized carbons (Fsp3) is 0.600. The zero-order valence-electron chi connectivity index (χ0n) is 15.7. The highest BCUT2D eigenvalue weighted by Gasteiger charge is 2.31. The van der Waals surface area contributed by atoms with Gasteiger partial charge in [0.15, 0.2) is 0 Å². The van der Waals surface area contributed by atoms with E-state index in [1.54, 1.807) is 0 Å². The number of hydrogen-bond acceptors (Lipinski definition) is 6. The number of rotatable bonds is 3. The predicted octanol–water partition coefficient (Wildman–Crippen LogP) is 2.58. The molecule has 0 atom stereocenters. The van der Waals surface area contributed by atoms with Gasteiger partial charge in [0.05, 0.1) is 0 Å². The van der Waals surface area contributed by atoms with E-state index in [1.807, 2.05) is 19.9 Å². The molecule has 2 aromatic heterocycles. The molecular formula is C20H26N6. The van der Waals surface area contributed by atoms with Gasteiger partial charge in [-0.25, -0.2) is 19.9 Å². The van der Waals surface area contributed by atoms with E-state index in [-0.39, 0.29) is 0 Å². The topological polar surface area (TPSA) is 58.0 Å². The summed E-state index contributed by atoms with van der Waals surface area (Å²) in [4.78, 5) is 23.9. The molecule has 6 nitrogen and oxygen atoms in total. The summed E-state index contributed by atoms with van der Waals surface area (Å²) in [6.45, 7) is 7.92. The lowest BCUT2D eigenvalue weighted by atomic mass is 10.2. The minimum Gasteiger partial charge on any atom is -0.353 e. The van der Waals surface area contributed by atoms with E-state index in [1.165, 1.54) is 36.3 Å². The van der Waals surface area contributed by atoms with E-state index in [4.69, 9.17) is 9.97 Å². The van der Waals surface area contributed by atoms with Gasteiger partial charge in [0, 0.05) is 54.7 Å². The molecule has 3 heterocycles. The summed E-state index contributed by atoms with van der Waals surface area (Å²) < 4.78 is 0. The summed E-state index contributed by atoms with van der Waals surface area (Å²) >= 11 is 0. The third kappa shape index (κ3) is 2.91. The minimum absolute atomic E-state index is 0.615. The van der Waals surface area contributed by atoms with Crippen molar-refractivity contribution in [3.05, 3.63) is 34.5 Å². The molecule has 0 unspecified atom stereocenters. The number of nitrogens with zero attached hydrogens (tertiary/aromatic N) is 6. The van der Waals surface area contributed by atoms with Gasteiger partial charge in [-0.3, -0.25) is 0 Å². The first-order valence-corrected chi connectivity index (χ1v) is 9.89. The van der Waals surface area contributed by atoms with Crippen LogP contribution in [0.15, 0.2) is 6.07 Å². The molecular weight excluding hydrogens is 324 g/mol. The smallest absolute Gasteiger partial charge is 0.225 e. The second-order valence-corrected chi connectivity index (χ2v) is 7.88. The maximum atomic E-state index is 5.02. The van der Waals surface area contributed by atoms with Crippen LogP contribution in [0.25, 0.3) is 0 Å². The van der Waals surface area contributed by atoms with Gasteiger partial charge >= 0.3 is 0 Å². The van der Waals surface area contributed by atoms with Gasteiger partial charge in [-0.2, -0.15) is 0 Å². The largest absolute Gasteiger partial charge is 0.353 e. The molecule has 0 N–H and O–H groups in total. The molecule has 2 fully saturated rings. The van der Waals surface area contributed by atoms with Crippen molar-refractivity contribution in [3.8, 4) is 0 Å². The van der Waals surface area contributed by atoms with Crippen molar-refractivity contribution in [2.45, 2.75) is 51.9 Å². The molecule has 1 saturated heterocycles. The molecule has 0 radical (unpaired) electrons. The molecule has 0 aromatic carbocycles. The first-order chi connectivity index (χ1) is 12.7. The van der Waals surface area contributed by atoms with E-state index in [0.29, 0.717) is 5.92 Å². The Kier molecular flexibility index (Phi) is 3.80. The summed E-state index contributed by atoms with van der Waals surface area (Å²) in [7, 11) is 0. The van der Waals surface area contributed by atoms with Gasteiger partial charge in [0.25, 0.3) is 0 Å². The summed E-state index contributed by atoms with van der Waals surface area (Å²) in [5, 5.41) is 0.